The van der Waals surface area contributed by atoms with Gasteiger partial charge in [0.25, 0.3) is 5.56 Å². The molecule has 0 amide bonds. The number of piperidine rings is 1. The second kappa shape index (κ2) is 7.75. The highest BCUT2D eigenvalue weighted by molar-refractivity contribution is 7.19. The van der Waals surface area contributed by atoms with Gasteiger partial charge in [-0.3, -0.25) is 9.36 Å². The first-order chi connectivity index (χ1) is 15.5. The van der Waals surface area contributed by atoms with Crippen LogP contribution < -0.4 is 10.3 Å². The zero-order valence-corrected chi connectivity index (χ0v) is 19.3. The minimum absolute atomic E-state index is 0.0388. The lowest BCUT2D eigenvalue weighted by molar-refractivity contribution is 0.0661. The summed E-state index contributed by atoms with van der Waals surface area (Å²) in [5.74, 6) is 7.91. The van der Waals surface area contributed by atoms with E-state index in [0.717, 1.165) is 40.2 Å². The van der Waals surface area contributed by atoms with Gasteiger partial charge in [-0.1, -0.05) is 11.8 Å². The second-order valence-electron chi connectivity index (χ2n) is 9.50. The molecule has 3 fully saturated rings. The number of hydrogen-bond acceptors (Lipinski definition) is 5. The molecular weight excluding hydrogens is 418 g/mol. The third-order valence-electron chi connectivity index (χ3n) is 7.20. The maximum absolute atomic E-state index is 13.2. The molecule has 32 heavy (non-hydrogen) atoms. The van der Waals surface area contributed by atoms with Gasteiger partial charge < -0.3 is 9.64 Å². The highest BCUT2D eigenvalue weighted by Crippen LogP contribution is 2.36. The van der Waals surface area contributed by atoms with E-state index >= 15 is 0 Å². The predicted octanol–water partition coefficient (Wildman–Crippen LogP) is 4.52. The van der Waals surface area contributed by atoms with Gasteiger partial charge in [0, 0.05) is 18.0 Å². The summed E-state index contributed by atoms with van der Waals surface area (Å²) >= 11 is 1.44. The number of benzene rings is 1. The molecule has 2 aliphatic heterocycles. The Balaban J connectivity index is 1.25. The minimum Gasteiger partial charge on any atom is -0.490 e. The molecular formula is C26H27N3O2S. The van der Waals surface area contributed by atoms with E-state index < -0.39 is 0 Å². The van der Waals surface area contributed by atoms with Crippen LogP contribution in [0, 0.1) is 24.7 Å². The van der Waals surface area contributed by atoms with Crippen LogP contribution in [0.25, 0.3) is 15.9 Å². The van der Waals surface area contributed by atoms with Crippen molar-refractivity contribution in [3.8, 4) is 23.3 Å². The van der Waals surface area contributed by atoms with Crippen LogP contribution >= 0.6 is 11.3 Å². The molecule has 6 rings (SSSR count). The Morgan fingerprint density at radius 1 is 1.12 bits per heavy atom. The summed E-state index contributed by atoms with van der Waals surface area (Å²) in [6.07, 6.45) is 9.06. The van der Waals surface area contributed by atoms with Gasteiger partial charge >= 0.3 is 0 Å². The summed E-state index contributed by atoms with van der Waals surface area (Å²) in [5.41, 5.74) is 2.54. The van der Waals surface area contributed by atoms with Gasteiger partial charge in [-0.2, -0.15) is 0 Å². The van der Waals surface area contributed by atoms with Crippen LogP contribution in [-0.4, -0.2) is 39.7 Å². The van der Waals surface area contributed by atoms with Crippen LogP contribution in [0.3, 0.4) is 0 Å². The van der Waals surface area contributed by atoms with Crippen molar-refractivity contribution in [3.05, 3.63) is 51.4 Å². The largest absolute Gasteiger partial charge is 0.490 e. The molecule has 1 saturated carbocycles. The highest BCUT2D eigenvalue weighted by atomic mass is 32.1. The molecule has 2 aromatic heterocycles. The van der Waals surface area contributed by atoms with Gasteiger partial charge in [-0.05, 0) is 82.3 Å². The molecule has 2 saturated heterocycles. The first-order valence-electron chi connectivity index (χ1n) is 11.6. The average molecular weight is 446 g/mol. The number of aromatic nitrogens is 2. The molecule has 3 aliphatic rings. The summed E-state index contributed by atoms with van der Waals surface area (Å²) in [6, 6.07) is 9.25. The molecule has 0 N–H and O–H groups in total. The van der Waals surface area contributed by atoms with Crippen molar-refractivity contribution in [1.82, 2.24) is 14.5 Å². The molecule has 3 aromatic rings. The zero-order chi connectivity index (χ0) is 21.8. The van der Waals surface area contributed by atoms with E-state index in [1.165, 1.54) is 37.0 Å². The van der Waals surface area contributed by atoms with Gasteiger partial charge in [0.2, 0.25) is 0 Å². The van der Waals surface area contributed by atoms with Crippen LogP contribution in [0.15, 0.2) is 35.4 Å². The Hall–Kier alpha value is -2.62. The van der Waals surface area contributed by atoms with E-state index in [9.17, 15) is 4.79 Å². The van der Waals surface area contributed by atoms with Crippen molar-refractivity contribution in [2.24, 2.45) is 5.92 Å². The van der Waals surface area contributed by atoms with Crippen molar-refractivity contribution in [2.75, 3.05) is 7.05 Å². The van der Waals surface area contributed by atoms with Crippen molar-refractivity contribution in [3.63, 3.8) is 0 Å². The second-order valence-corrected chi connectivity index (χ2v) is 10.6. The number of nitrogens with zero attached hydrogens (tertiary/aromatic N) is 3. The first-order valence-corrected chi connectivity index (χ1v) is 12.4. The van der Waals surface area contributed by atoms with Crippen LogP contribution in [0.1, 0.15) is 49.0 Å². The summed E-state index contributed by atoms with van der Waals surface area (Å²) in [5, 5.41) is 0. The van der Waals surface area contributed by atoms with E-state index in [1.54, 1.807) is 10.9 Å². The first kappa shape index (κ1) is 20.0. The summed E-state index contributed by atoms with van der Waals surface area (Å²) in [7, 11) is 2.25. The van der Waals surface area contributed by atoms with Crippen molar-refractivity contribution >= 4 is 21.6 Å². The summed E-state index contributed by atoms with van der Waals surface area (Å²) in [4.78, 5) is 21.2. The van der Waals surface area contributed by atoms with Crippen LogP contribution in [0.5, 0.6) is 5.75 Å². The molecule has 0 radical (unpaired) electrons. The Morgan fingerprint density at radius 2 is 1.91 bits per heavy atom. The third kappa shape index (κ3) is 3.64. The van der Waals surface area contributed by atoms with E-state index in [4.69, 9.17) is 4.74 Å². The third-order valence-corrected chi connectivity index (χ3v) is 8.23. The fourth-order valence-corrected chi connectivity index (χ4v) is 6.07. The Morgan fingerprint density at radius 3 is 2.62 bits per heavy atom. The lowest BCUT2D eigenvalue weighted by Gasteiger charge is -2.36. The molecule has 3 atom stereocenters. The van der Waals surface area contributed by atoms with E-state index in [0.29, 0.717) is 22.7 Å². The number of fused-ring (bicyclic) bond motifs is 3. The fourth-order valence-electron chi connectivity index (χ4n) is 5.17. The average Bonchev–Trinajstić information content (AvgIpc) is 3.47. The Labute approximate surface area is 192 Å². The molecule has 1 aliphatic carbocycles. The lowest BCUT2D eigenvalue weighted by Crippen LogP contribution is -2.43. The Bertz CT molecular complexity index is 1300. The predicted molar refractivity (Wildman–Crippen MR) is 128 cm³/mol. The molecule has 2 bridgehead atoms. The number of aryl methyl sites for hydroxylation is 1. The normalized spacial score (nSPS) is 25.0. The maximum Gasteiger partial charge on any atom is 0.275 e. The molecule has 1 aromatic carbocycles. The number of thiophene rings is 1. The summed E-state index contributed by atoms with van der Waals surface area (Å²) < 4.78 is 8.67. The van der Waals surface area contributed by atoms with Crippen molar-refractivity contribution in [2.45, 2.75) is 63.6 Å². The SMILES string of the molecule is Cc1cc(OC2CC3CC[C@@H](C2)N3C)ccc1-n1cnc2cc(C#CC3CC3)sc2c1=O. The standard InChI is InChI=1S/C26H27N3O2S/c1-16-11-20(31-21-12-18-6-7-19(13-21)28(18)2)8-10-24(16)29-15-27-23-14-22(9-5-17-3-4-17)32-25(23)26(29)30/h8,10-11,14-15,17-19,21H,3-4,6-7,12-13H2,1-2H3/t18-,19?,21?/m0/s1. The number of rotatable bonds is 3. The van der Waals surface area contributed by atoms with Gasteiger partial charge in [0.1, 0.15) is 22.9 Å². The van der Waals surface area contributed by atoms with Crippen LogP contribution in [0.4, 0.5) is 0 Å². The van der Waals surface area contributed by atoms with Crippen LogP contribution in [-0.2, 0) is 0 Å². The van der Waals surface area contributed by atoms with Crippen molar-refractivity contribution < 1.29 is 4.74 Å². The van der Waals surface area contributed by atoms with Crippen molar-refractivity contribution in [1.29, 1.82) is 0 Å². The summed E-state index contributed by atoms with van der Waals surface area (Å²) in [6.45, 7) is 2.03. The monoisotopic (exact) mass is 445 g/mol. The highest BCUT2D eigenvalue weighted by Gasteiger charge is 2.39. The fraction of sp³-hybridized carbons (Fsp3) is 0.462. The number of ether oxygens (including phenoxy) is 1. The molecule has 164 valence electrons. The molecule has 4 heterocycles. The topological polar surface area (TPSA) is 47.4 Å². The smallest absolute Gasteiger partial charge is 0.275 e. The van der Waals surface area contributed by atoms with Gasteiger partial charge in [-0.15, -0.1) is 11.3 Å². The van der Waals surface area contributed by atoms with Gasteiger partial charge in [-0.25, -0.2) is 4.98 Å². The van der Waals surface area contributed by atoms with E-state index in [2.05, 4.69) is 28.8 Å². The minimum atomic E-state index is -0.0388. The Kier molecular flexibility index (Phi) is 4.85. The zero-order valence-electron chi connectivity index (χ0n) is 18.5. The quantitative estimate of drug-likeness (QED) is 0.556. The molecule has 0 spiro atoms. The molecule has 5 nitrogen and oxygen atoms in total. The van der Waals surface area contributed by atoms with Gasteiger partial charge in [0.15, 0.2) is 0 Å². The van der Waals surface area contributed by atoms with E-state index in [1.807, 2.05) is 31.2 Å². The number of hydrogen-bond donors (Lipinski definition) is 0. The van der Waals surface area contributed by atoms with Gasteiger partial charge in [0.05, 0.1) is 16.1 Å². The maximum atomic E-state index is 13.2. The van der Waals surface area contributed by atoms with E-state index in [-0.39, 0.29) is 11.7 Å². The molecule has 6 heteroatoms. The van der Waals surface area contributed by atoms with Crippen LogP contribution in [0.2, 0.25) is 0 Å². The molecule has 2 unspecified atom stereocenters. The lowest BCUT2D eigenvalue weighted by atomic mass is 10.0.